The van der Waals surface area contributed by atoms with E-state index in [9.17, 15) is 0 Å². The van der Waals surface area contributed by atoms with Gasteiger partial charge in [0.2, 0.25) is 0 Å². The van der Waals surface area contributed by atoms with E-state index < -0.39 is 0 Å². The minimum Gasteiger partial charge on any atom is -0.456 e. The van der Waals surface area contributed by atoms with Gasteiger partial charge in [-0.1, -0.05) is 127 Å². The van der Waals surface area contributed by atoms with Crippen LogP contribution in [0, 0.1) is 0 Å². The van der Waals surface area contributed by atoms with Crippen molar-refractivity contribution in [2.24, 2.45) is 0 Å². The van der Waals surface area contributed by atoms with Crippen molar-refractivity contribution in [1.82, 2.24) is 19.5 Å². The molecule has 15 aromatic rings. The zero-order chi connectivity index (χ0) is 43.0. The van der Waals surface area contributed by atoms with Crippen molar-refractivity contribution < 1.29 is 8.83 Å². The van der Waals surface area contributed by atoms with E-state index in [-0.39, 0.29) is 0 Å². The summed E-state index contributed by atoms with van der Waals surface area (Å²) in [4.78, 5) is 16.0. The van der Waals surface area contributed by atoms with E-state index in [4.69, 9.17) is 23.8 Å². The number of para-hydroxylation sites is 2. The summed E-state index contributed by atoms with van der Waals surface area (Å²) in [5.41, 5.74) is 8.92. The van der Waals surface area contributed by atoms with Gasteiger partial charge < -0.3 is 13.4 Å². The molecule has 0 unspecified atom stereocenters. The highest BCUT2D eigenvalue weighted by molar-refractivity contribution is 7.25. The average molecular weight is 861 g/mol. The predicted molar refractivity (Wildman–Crippen MR) is 273 cm³/mol. The van der Waals surface area contributed by atoms with Crippen molar-refractivity contribution in [2.75, 3.05) is 0 Å². The Bertz CT molecular complexity index is 4420. The van der Waals surface area contributed by atoms with Crippen molar-refractivity contribution in [1.29, 1.82) is 0 Å². The molecule has 6 nitrogen and oxygen atoms in total. The predicted octanol–water partition coefficient (Wildman–Crippen LogP) is 16.4. The molecule has 0 saturated heterocycles. The van der Waals surface area contributed by atoms with E-state index in [0.29, 0.717) is 17.5 Å². The fraction of sp³-hybridized carbons (Fsp3) is 0. The second-order valence-electron chi connectivity index (χ2n) is 17.1. The van der Waals surface area contributed by atoms with Crippen LogP contribution in [0.1, 0.15) is 0 Å². The first-order valence-corrected chi connectivity index (χ1v) is 22.9. The van der Waals surface area contributed by atoms with Crippen LogP contribution in [-0.2, 0) is 0 Å². The van der Waals surface area contributed by atoms with E-state index in [1.54, 1.807) is 11.3 Å². The van der Waals surface area contributed by atoms with Crippen LogP contribution in [0.3, 0.4) is 0 Å². The summed E-state index contributed by atoms with van der Waals surface area (Å²) in [5.74, 6) is 1.70. The molecule has 0 bridgehead atoms. The van der Waals surface area contributed by atoms with Crippen molar-refractivity contribution in [3.63, 3.8) is 0 Å². The summed E-state index contributed by atoms with van der Waals surface area (Å²) in [6.07, 6.45) is 0. The molecule has 0 aliphatic rings. The molecular weight excluding hydrogens is 829 g/mol. The number of hydrogen-bond acceptors (Lipinski definition) is 6. The van der Waals surface area contributed by atoms with Gasteiger partial charge in [0.1, 0.15) is 16.7 Å². The summed E-state index contributed by atoms with van der Waals surface area (Å²) in [7, 11) is 0. The molecule has 0 radical (unpaired) electrons. The number of hydrogen-bond donors (Lipinski definition) is 0. The average Bonchev–Trinajstić information content (AvgIpc) is 4.13. The minimum absolute atomic E-state index is 0.557. The highest BCUT2D eigenvalue weighted by atomic mass is 32.1. The van der Waals surface area contributed by atoms with Gasteiger partial charge in [0.25, 0.3) is 0 Å². The van der Waals surface area contributed by atoms with E-state index in [0.717, 1.165) is 77.3 Å². The zero-order valence-corrected chi connectivity index (χ0v) is 35.8. The minimum atomic E-state index is 0.557. The highest BCUT2D eigenvalue weighted by Crippen LogP contribution is 2.44. The Morgan fingerprint density at radius 2 is 0.939 bits per heavy atom. The number of thiophene rings is 1. The SMILES string of the molecule is c1ccc2cc3c(cc2c1)c1c2ccccc2ccc1n3-c1cc(-c2nc(-c3ccc4c(c3)oc3ccccc34)nc(-c3ccc4c(c3)sc3ccccc34)n2)cc2c1oc1ccccc12. The number of fused-ring (bicyclic) bond motifs is 15. The fourth-order valence-corrected chi connectivity index (χ4v) is 11.5. The molecule has 0 atom stereocenters. The van der Waals surface area contributed by atoms with E-state index >= 15 is 0 Å². The van der Waals surface area contributed by atoms with Gasteiger partial charge in [-0.05, 0) is 88.3 Å². The van der Waals surface area contributed by atoms with Gasteiger partial charge in [-0.15, -0.1) is 11.3 Å². The van der Waals surface area contributed by atoms with Crippen LogP contribution < -0.4 is 0 Å². The van der Waals surface area contributed by atoms with Gasteiger partial charge >= 0.3 is 0 Å². The number of nitrogens with zero attached hydrogens (tertiary/aromatic N) is 4. The van der Waals surface area contributed by atoms with Gasteiger partial charge in [0.05, 0.1) is 16.7 Å². The molecule has 306 valence electrons. The van der Waals surface area contributed by atoms with Crippen LogP contribution in [0.15, 0.2) is 203 Å². The Labute approximate surface area is 379 Å². The molecule has 7 heteroatoms. The van der Waals surface area contributed by atoms with Gasteiger partial charge in [0.15, 0.2) is 23.1 Å². The molecule has 0 N–H and O–H groups in total. The normalized spacial score (nSPS) is 12.2. The first-order valence-electron chi connectivity index (χ1n) is 22.1. The Morgan fingerprint density at radius 3 is 1.74 bits per heavy atom. The topological polar surface area (TPSA) is 69.9 Å². The molecule has 0 aliphatic carbocycles. The Morgan fingerprint density at radius 1 is 0.348 bits per heavy atom. The Balaban J connectivity index is 1.03. The summed E-state index contributed by atoms with van der Waals surface area (Å²) >= 11 is 1.79. The van der Waals surface area contributed by atoms with E-state index in [1.165, 1.54) is 52.5 Å². The molecule has 10 aromatic carbocycles. The van der Waals surface area contributed by atoms with E-state index in [2.05, 4.69) is 168 Å². The number of benzene rings is 10. The number of furan rings is 2. The summed E-state index contributed by atoms with van der Waals surface area (Å²) in [6, 6.07) is 68.6. The summed E-state index contributed by atoms with van der Waals surface area (Å²) in [6.45, 7) is 0. The lowest BCUT2D eigenvalue weighted by molar-refractivity contribution is 0.666. The van der Waals surface area contributed by atoms with Crippen molar-refractivity contribution in [3.8, 4) is 39.9 Å². The molecule has 66 heavy (non-hydrogen) atoms. The van der Waals surface area contributed by atoms with E-state index in [1.807, 2.05) is 30.3 Å². The number of aromatic nitrogens is 4. The van der Waals surface area contributed by atoms with Gasteiger partial charge in [-0.3, -0.25) is 0 Å². The second-order valence-corrected chi connectivity index (χ2v) is 18.2. The summed E-state index contributed by atoms with van der Waals surface area (Å²) in [5, 5.41) is 13.7. The Hall–Kier alpha value is -8.65. The van der Waals surface area contributed by atoms with Crippen molar-refractivity contribution in [2.45, 2.75) is 0 Å². The third-order valence-corrected chi connectivity index (χ3v) is 14.5. The third kappa shape index (κ3) is 5.20. The van der Waals surface area contributed by atoms with Gasteiger partial charge in [-0.2, -0.15) is 0 Å². The van der Waals surface area contributed by atoms with Crippen molar-refractivity contribution in [3.05, 3.63) is 194 Å². The lowest BCUT2D eigenvalue weighted by Gasteiger charge is -2.13. The smallest absolute Gasteiger partial charge is 0.164 e. The summed E-state index contributed by atoms with van der Waals surface area (Å²) < 4.78 is 18.1. The van der Waals surface area contributed by atoms with Gasteiger partial charge in [-0.25, -0.2) is 15.0 Å². The fourth-order valence-electron chi connectivity index (χ4n) is 10.3. The zero-order valence-electron chi connectivity index (χ0n) is 35.0. The maximum atomic E-state index is 6.91. The Kier molecular flexibility index (Phi) is 7.28. The van der Waals surface area contributed by atoms with Crippen LogP contribution in [0.4, 0.5) is 0 Å². The standard InChI is InChI=1S/C59H32N4O2S/c1-2-13-35-29-48-46(27-34(35)12-1)55-39-14-4-3-11-33(39)23-26-47(55)63(48)49-30-38(28-45-41-16-6-9-19-51(41)65-56(45)49)59-61-57(36-21-24-42-40-15-5-8-18-50(40)64-52(42)31-36)60-58(62-59)37-22-25-44-43-17-7-10-20-53(43)66-54(44)32-37/h1-32H. The molecule has 0 fully saturated rings. The molecule has 5 aromatic heterocycles. The van der Waals surface area contributed by atoms with Crippen LogP contribution in [0.2, 0.25) is 0 Å². The second kappa shape index (κ2) is 13.4. The van der Waals surface area contributed by atoms with Crippen LogP contribution >= 0.6 is 11.3 Å². The third-order valence-electron chi connectivity index (χ3n) is 13.4. The molecule has 15 rings (SSSR count). The quantitative estimate of drug-likeness (QED) is 0.176. The van der Waals surface area contributed by atoms with Crippen molar-refractivity contribution >= 4 is 119 Å². The monoisotopic (exact) mass is 860 g/mol. The molecule has 0 aliphatic heterocycles. The molecule has 0 amide bonds. The maximum Gasteiger partial charge on any atom is 0.164 e. The molecule has 0 spiro atoms. The maximum absolute atomic E-state index is 6.91. The molecule has 0 saturated carbocycles. The van der Waals surface area contributed by atoms with Crippen LogP contribution in [-0.4, -0.2) is 19.5 Å². The lowest BCUT2D eigenvalue weighted by Crippen LogP contribution is -2.01. The highest BCUT2D eigenvalue weighted by Gasteiger charge is 2.23. The van der Waals surface area contributed by atoms with Gasteiger partial charge in [0, 0.05) is 69.2 Å². The first kappa shape index (κ1) is 35.8. The molecule has 5 heterocycles. The lowest BCUT2D eigenvalue weighted by atomic mass is 10.0. The number of rotatable bonds is 4. The molecular formula is C59H32N4O2S. The van der Waals surface area contributed by atoms with Crippen LogP contribution in [0.25, 0.3) is 147 Å². The van der Waals surface area contributed by atoms with Crippen LogP contribution in [0.5, 0.6) is 0 Å². The largest absolute Gasteiger partial charge is 0.456 e. The first-order chi connectivity index (χ1) is 32.7.